The molecular formula is C26H38N4O. The van der Waals surface area contributed by atoms with Gasteiger partial charge in [-0.1, -0.05) is 19.4 Å². The minimum Gasteiger partial charge on any atom is -0.372 e. The Morgan fingerprint density at radius 3 is 2.45 bits per heavy atom. The molecule has 0 bridgehead atoms. The van der Waals surface area contributed by atoms with Crippen LogP contribution in [0.2, 0.25) is 0 Å². The average Bonchev–Trinajstić information content (AvgIpc) is 2.83. The normalized spacial score (nSPS) is 15.1. The predicted octanol–water partition coefficient (Wildman–Crippen LogP) is 4.49. The van der Waals surface area contributed by atoms with Gasteiger partial charge in [0.1, 0.15) is 0 Å². The van der Waals surface area contributed by atoms with Crippen LogP contribution in [0.15, 0.2) is 48.7 Å². The fourth-order valence-corrected chi connectivity index (χ4v) is 4.35. The van der Waals surface area contributed by atoms with Gasteiger partial charge in [0.25, 0.3) is 5.91 Å². The second kappa shape index (κ2) is 11.8. The summed E-state index contributed by atoms with van der Waals surface area (Å²) in [5.41, 5.74) is 3.14. The Kier molecular flexibility index (Phi) is 8.89. The van der Waals surface area contributed by atoms with E-state index in [1.54, 1.807) is 0 Å². The lowest BCUT2D eigenvalue weighted by molar-refractivity contribution is 0.0643. The maximum atomic E-state index is 13.0. The fourth-order valence-electron chi connectivity index (χ4n) is 4.35. The van der Waals surface area contributed by atoms with E-state index in [9.17, 15) is 4.79 Å². The number of hydrogen-bond acceptors (Lipinski definition) is 4. The minimum absolute atomic E-state index is 0.134. The van der Waals surface area contributed by atoms with Gasteiger partial charge in [0, 0.05) is 75.4 Å². The number of carbonyl (C=O) groups excluding carboxylic acids is 1. The summed E-state index contributed by atoms with van der Waals surface area (Å²) in [4.78, 5) is 24.3. The van der Waals surface area contributed by atoms with E-state index < -0.39 is 0 Å². The first kappa shape index (κ1) is 23.3. The van der Waals surface area contributed by atoms with E-state index in [0.29, 0.717) is 6.04 Å². The number of pyridine rings is 1. The van der Waals surface area contributed by atoms with Crippen molar-refractivity contribution in [2.24, 2.45) is 0 Å². The largest absolute Gasteiger partial charge is 0.372 e. The Labute approximate surface area is 188 Å². The molecule has 31 heavy (non-hydrogen) atoms. The summed E-state index contributed by atoms with van der Waals surface area (Å²) in [7, 11) is 1.96. The van der Waals surface area contributed by atoms with E-state index in [-0.39, 0.29) is 5.91 Å². The Hall–Kier alpha value is -2.40. The smallest absolute Gasteiger partial charge is 0.253 e. The van der Waals surface area contributed by atoms with Crippen molar-refractivity contribution in [3.63, 3.8) is 0 Å². The molecule has 5 nitrogen and oxygen atoms in total. The molecule has 0 saturated carbocycles. The van der Waals surface area contributed by atoms with E-state index in [4.69, 9.17) is 0 Å². The van der Waals surface area contributed by atoms with Crippen LogP contribution in [0.1, 0.15) is 55.6 Å². The topological polar surface area (TPSA) is 39.7 Å². The number of carbonyl (C=O) groups is 1. The van der Waals surface area contributed by atoms with Gasteiger partial charge in [-0.05, 0) is 62.6 Å². The molecule has 1 amide bonds. The summed E-state index contributed by atoms with van der Waals surface area (Å²) in [6, 6.07) is 14.6. The van der Waals surface area contributed by atoms with Crippen LogP contribution in [0, 0.1) is 0 Å². The Morgan fingerprint density at radius 2 is 1.84 bits per heavy atom. The van der Waals surface area contributed by atoms with Crippen molar-refractivity contribution in [2.75, 3.05) is 44.7 Å². The summed E-state index contributed by atoms with van der Waals surface area (Å²) in [5, 5.41) is 0. The van der Waals surface area contributed by atoms with Gasteiger partial charge in [-0.3, -0.25) is 9.78 Å². The van der Waals surface area contributed by atoms with Gasteiger partial charge < -0.3 is 14.7 Å². The molecule has 1 aromatic heterocycles. The molecule has 1 aliphatic rings. The van der Waals surface area contributed by atoms with E-state index in [0.717, 1.165) is 63.2 Å². The van der Waals surface area contributed by atoms with Gasteiger partial charge in [0.05, 0.1) is 0 Å². The highest BCUT2D eigenvalue weighted by molar-refractivity contribution is 5.94. The lowest BCUT2D eigenvalue weighted by Crippen LogP contribution is -2.46. The molecule has 168 valence electrons. The average molecular weight is 423 g/mol. The van der Waals surface area contributed by atoms with Crippen molar-refractivity contribution >= 4 is 11.6 Å². The van der Waals surface area contributed by atoms with Crippen LogP contribution in [0.25, 0.3) is 0 Å². The number of hydrogen-bond donors (Lipinski definition) is 0. The predicted molar refractivity (Wildman–Crippen MR) is 129 cm³/mol. The van der Waals surface area contributed by atoms with Gasteiger partial charge in [-0.2, -0.15) is 0 Å². The van der Waals surface area contributed by atoms with Crippen molar-refractivity contribution in [1.29, 1.82) is 0 Å². The first-order chi connectivity index (χ1) is 15.1. The summed E-state index contributed by atoms with van der Waals surface area (Å²) in [6.07, 6.45) is 7.29. The number of rotatable bonds is 10. The van der Waals surface area contributed by atoms with Crippen LogP contribution in [0.4, 0.5) is 5.69 Å². The SMILES string of the molecule is CCCCN(CC)c1ccc(C(=O)N(C)C2CCN(CCc3ccccn3)CC2)cc1. The van der Waals surface area contributed by atoms with Crippen molar-refractivity contribution < 1.29 is 4.79 Å². The number of anilines is 1. The first-order valence-corrected chi connectivity index (χ1v) is 11.9. The van der Waals surface area contributed by atoms with Crippen molar-refractivity contribution in [2.45, 2.75) is 52.0 Å². The van der Waals surface area contributed by atoms with Crippen molar-refractivity contribution in [1.82, 2.24) is 14.8 Å². The summed E-state index contributed by atoms with van der Waals surface area (Å²) >= 11 is 0. The summed E-state index contributed by atoms with van der Waals surface area (Å²) < 4.78 is 0. The van der Waals surface area contributed by atoms with E-state index in [2.05, 4.69) is 46.8 Å². The highest BCUT2D eigenvalue weighted by Gasteiger charge is 2.26. The molecule has 1 saturated heterocycles. The molecule has 0 spiro atoms. The summed E-state index contributed by atoms with van der Waals surface area (Å²) in [6.45, 7) is 9.58. The van der Waals surface area contributed by atoms with Crippen LogP contribution in [-0.2, 0) is 6.42 Å². The van der Waals surface area contributed by atoms with Gasteiger partial charge in [-0.15, -0.1) is 0 Å². The number of likely N-dealkylation sites (tertiary alicyclic amines) is 1. The van der Waals surface area contributed by atoms with Gasteiger partial charge in [0.15, 0.2) is 0 Å². The lowest BCUT2D eigenvalue weighted by atomic mass is 10.0. The molecule has 0 aliphatic carbocycles. The van der Waals surface area contributed by atoms with Gasteiger partial charge >= 0.3 is 0 Å². The molecule has 5 heteroatoms. The second-order valence-electron chi connectivity index (χ2n) is 8.54. The Bertz CT molecular complexity index is 785. The standard InChI is InChI=1S/C26H38N4O/c1-4-6-18-30(5-2)25-12-10-22(11-13-25)26(31)28(3)24-15-20-29(21-16-24)19-14-23-9-7-8-17-27-23/h7-13,17,24H,4-6,14-16,18-21H2,1-3H3. The molecule has 2 aromatic rings. The number of nitrogens with zero attached hydrogens (tertiary/aromatic N) is 4. The number of piperidine rings is 1. The zero-order valence-electron chi connectivity index (χ0n) is 19.5. The molecule has 2 heterocycles. The third kappa shape index (κ3) is 6.54. The Morgan fingerprint density at radius 1 is 1.10 bits per heavy atom. The molecule has 0 atom stereocenters. The Balaban J connectivity index is 1.49. The molecular weight excluding hydrogens is 384 g/mol. The fraction of sp³-hybridized carbons (Fsp3) is 0.538. The molecule has 1 fully saturated rings. The van der Waals surface area contributed by atoms with E-state index in [1.165, 1.54) is 18.5 Å². The highest BCUT2D eigenvalue weighted by Crippen LogP contribution is 2.20. The molecule has 0 radical (unpaired) electrons. The third-order valence-corrected chi connectivity index (χ3v) is 6.48. The maximum Gasteiger partial charge on any atom is 0.253 e. The van der Waals surface area contributed by atoms with E-state index in [1.807, 2.05) is 42.4 Å². The molecule has 0 unspecified atom stereocenters. The van der Waals surface area contributed by atoms with Crippen LogP contribution < -0.4 is 4.90 Å². The third-order valence-electron chi connectivity index (χ3n) is 6.48. The number of amides is 1. The second-order valence-corrected chi connectivity index (χ2v) is 8.54. The molecule has 1 aromatic carbocycles. The summed E-state index contributed by atoms with van der Waals surface area (Å²) in [5.74, 6) is 0.134. The monoisotopic (exact) mass is 422 g/mol. The zero-order chi connectivity index (χ0) is 22.1. The quantitative estimate of drug-likeness (QED) is 0.566. The van der Waals surface area contributed by atoms with Gasteiger partial charge in [0.2, 0.25) is 0 Å². The van der Waals surface area contributed by atoms with Crippen molar-refractivity contribution in [3.05, 3.63) is 59.9 Å². The maximum absolute atomic E-state index is 13.0. The van der Waals surface area contributed by atoms with Crippen LogP contribution in [0.5, 0.6) is 0 Å². The molecule has 0 N–H and O–H groups in total. The lowest BCUT2D eigenvalue weighted by Gasteiger charge is -2.36. The number of benzene rings is 1. The molecule has 1 aliphatic heterocycles. The molecule has 3 rings (SSSR count). The van der Waals surface area contributed by atoms with Gasteiger partial charge in [-0.25, -0.2) is 0 Å². The number of aromatic nitrogens is 1. The first-order valence-electron chi connectivity index (χ1n) is 11.9. The minimum atomic E-state index is 0.134. The van der Waals surface area contributed by atoms with E-state index >= 15 is 0 Å². The van der Waals surface area contributed by atoms with Crippen LogP contribution in [0.3, 0.4) is 0 Å². The highest BCUT2D eigenvalue weighted by atomic mass is 16.2. The number of unbranched alkanes of at least 4 members (excludes halogenated alkanes) is 1. The zero-order valence-corrected chi connectivity index (χ0v) is 19.5. The van der Waals surface area contributed by atoms with Crippen molar-refractivity contribution in [3.8, 4) is 0 Å². The van der Waals surface area contributed by atoms with Crippen LogP contribution in [-0.4, -0.2) is 66.5 Å². The van der Waals surface area contributed by atoms with Crippen LogP contribution >= 0.6 is 0 Å².